The highest BCUT2D eigenvalue weighted by Gasteiger charge is 2.25. The number of rotatable bonds is 3. The molecule has 2 unspecified atom stereocenters. The van der Waals surface area contributed by atoms with Crippen LogP contribution in [-0.4, -0.2) is 24.7 Å². The first-order valence-corrected chi connectivity index (χ1v) is 5.55. The molecule has 2 N–H and O–H groups in total. The van der Waals surface area contributed by atoms with Crippen molar-refractivity contribution in [2.75, 3.05) is 0 Å². The van der Waals surface area contributed by atoms with E-state index >= 15 is 0 Å². The van der Waals surface area contributed by atoms with Gasteiger partial charge in [-0.2, -0.15) is 13.7 Å². The fourth-order valence-corrected chi connectivity index (χ4v) is 1.90. The van der Waals surface area contributed by atoms with Crippen molar-refractivity contribution in [3.63, 3.8) is 0 Å². The summed E-state index contributed by atoms with van der Waals surface area (Å²) in [6, 6.07) is 6.02. The predicted molar refractivity (Wildman–Crippen MR) is 51.3 cm³/mol. The Labute approximate surface area is 91.6 Å². The Morgan fingerprint density at radius 2 is 1.88 bits per heavy atom. The van der Waals surface area contributed by atoms with Crippen molar-refractivity contribution in [1.29, 1.82) is 5.26 Å². The zero-order valence-electron chi connectivity index (χ0n) is 7.91. The average Bonchev–Trinajstić information content (AvgIpc) is 2.26. The van der Waals surface area contributed by atoms with Crippen molar-refractivity contribution < 1.29 is 22.5 Å². The molecular weight excluding hydrogens is 237 g/mol. The van der Waals surface area contributed by atoms with Gasteiger partial charge in [0, 0.05) is 5.56 Å². The summed E-state index contributed by atoms with van der Waals surface area (Å²) in [7, 11) is -5.00. The lowest BCUT2D eigenvalue weighted by molar-refractivity contribution is 0.0509. The Morgan fingerprint density at radius 1 is 1.31 bits per heavy atom. The first-order valence-electron chi connectivity index (χ1n) is 4.17. The van der Waals surface area contributed by atoms with E-state index in [2.05, 4.69) is 0 Å². The van der Waals surface area contributed by atoms with Crippen LogP contribution in [0.1, 0.15) is 11.7 Å². The molecular formula is C9H8FNO4S. The summed E-state index contributed by atoms with van der Waals surface area (Å²) in [6.07, 6.45) is -3.59. The number of hydrogen-bond acceptors (Lipinski definition) is 5. The maximum atomic E-state index is 12.8. The van der Waals surface area contributed by atoms with E-state index in [0.29, 0.717) is 0 Å². The summed E-state index contributed by atoms with van der Waals surface area (Å²) in [5, 5.41) is 26.8. The van der Waals surface area contributed by atoms with Crippen LogP contribution in [0.25, 0.3) is 0 Å². The van der Waals surface area contributed by atoms with E-state index < -0.39 is 27.3 Å². The molecule has 0 aromatic heterocycles. The number of nitrogens with zero attached hydrogens (tertiary/aromatic N) is 1. The summed E-state index contributed by atoms with van der Waals surface area (Å²) < 4.78 is 34.3. The minimum absolute atomic E-state index is 0.348. The molecule has 5 nitrogen and oxygen atoms in total. The van der Waals surface area contributed by atoms with Gasteiger partial charge < -0.3 is 10.2 Å². The van der Waals surface area contributed by atoms with Gasteiger partial charge in [-0.25, -0.2) is 0 Å². The molecule has 0 aliphatic rings. The van der Waals surface area contributed by atoms with Crippen molar-refractivity contribution in [2.45, 2.75) is 17.1 Å². The minimum Gasteiger partial charge on any atom is -0.385 e. The van der Waals surface area contributed by atoms with Crippen molar-refractivity contribution in [3.05, 3.63) is 29.8 Å². The first-order chi connectivity index (χ1) is 7.38. The highest BCUT2D eigenvalue weighted by atomic mass is 32.3. The van der Waals surface area contributed by atoms with E-state index in [9.17, 15) is 17.4 Å². The molecule has 0 aliphatic carbocycles. The van der Waals surface area contributed by atoms with Crippen LogP contribution < -0.4 is 0 Å². The number of aliphatic hydroxyl groups excluding tert-OH is 2. The van der Waals surface area contributed by atoms with Gasteiger partial charge in [-0.1, -0.05) is 18.2 Å². The van der Waals surface area contributed by atoms with Crippen LogP contribution >= 0.6 is 0 Å². The molecule has 0 bridgehead atoms. The van der Waals surface area contributed by atoms with E-state index in [0.717, 1.165) is 12.1 Å². The van der Waals surface area contributed by atoms with Crippen LogP contribution in [-0.2, 0) is 10.2 Å². The van der Waals surface area contributed by atoms with Crippen LogP contribution in [0.15, 0.2) is 29.2 Å². The lowest BCUT2D eigenvalue weighted by atomic mass is 10.1. The van der Waals surface area contributed by atoms with Crippen LogP contribution in [0.4, 0.5) is 3.89 Å². The largest absolute Gasteiger partial charge is 0.385 e. The summed E-state index contributed by atoms with van der Waals surface area (Å²) >= 11 is 0. The third kappa shape index (κ3) is 2.55. The molecule has 0 heterocycles. The van der Waals surface area contributed by atoms with Crippen molar-refractivity contribution >= 4 is 10.2 Å². The van der Waals surface area contributed by atoms with Gasteiger partial charge in [0.25, 0.3) is 0 Å². The molecule has 1 aromatic rings. The molecule has 0 amide bonds. The smallest absolute Gasteiger partial charge is 0.332 e. The van der Waals surface area contributed by atoms with Gasteiger partial charge >= 0.3 is 10.2 Å². The minimum atomic E-state index is -5.00. The summed E-state index contributed by atoms with van der Waals surface area (Å²) in [6.45, 7) is 0. The maximum absolute atomic E-state index is 12.8. The predicted octanol–water partition coefficient (Wildman–Crippen LogP) is 0.263. The molecule has 0 saturated heterocycles. The first kappa shape index (κ1) is 12.6. The molecule has 1 rings (SSSR count). The molecule has 16 heavy (non-hydrogen) atoms. The molecule has 0 fully saturated rings. The molecule has 2 atom stereocenters. The Morgan fingerprint density at radius 3 is 2.38 bits per heavy atom. The van der Waals surface area contributed by atoms with E-state index in [4.69, 9.17) is 10.4 Å². The molecule has 86 valence electrons. The van der Waals surface area contributed by atoms with Gasteiger partial charge in [-0.05, 0) is 6.07 Å². The zero-order chi connectivity index (χ0) is 12.3. The van der Waals surface area contributed by atoms with Crippen LogP contribution in [0.3, 0.4) is 0 Å². The second-order valence-electron chi connectivity index (χ2n) is 2.99. The SMILES string of the molecule is N#CC(O)C(O)c1ccccc1S(=O)(=O)F. The molecule has 7 heteroatoms. The van der Waals surface area contributed by atoms with E-state index in [1.165, 1.54) is 18.2 Å². The number of benzene rings is 1. The lowest BCUT2D eigenvalue weighted by Gasteiger charge is -2.14. The Balaban J connectivity index is 3.31. The number of halogens is 1. The Hall–Kier alpha value is -1.49. The maximum Gasteiger partial charge on any atom is 0.332 e. The second kappa shape index (κ2) is 4.57. The van der Waals surface area contributed by atoms with Gasteiger partial charge in [0.2, 0.25) is 0 Å². The number of hydrogen-bond donors (Lipinski definition) is 2. The van der Waals surface area contributed by atoms with Crippen molar-refractivity contribution in [3.8, 4) is 6.07 Å². The standard InChI is InChI=1S/C9H8FNO4S/c10-16(14,15)8-4-2-1-3-6(8)9(13)7(12)5-11/h1-4,7,9,12-13H. The van der Waals surface area contributed by atoms with Gasteiger partial charge in [0.05, 0.1) is 6.07 Å². The van der Waals surface area contributed by atoms with Crippen LogP contribution in [0, 0.1) is 11.3 Å². The van der Waals surface area contributed by atoms with Gasteiger partial charge in [0.1, 0.15) is 11.0 Å². The molecule has 0 saturated carbocycles. The molecule has 0 aliphatic heterocycles. The van der Waals surface area contributed by atoms with Crippen molar-refractivity contribution in [1.82, 2.24) is 0 Å². The fraction of sp³-hybridized carbons (Fsp3) is 0.222. The highest BCUT2D eigenvalue weighted by Crippen LogP contribution is 2.25. The molecule has 1 aromatic carbocycles. The van der Waals surface area contributed by atoms with Crippen LogP contribution in [0.5, 0.6) is 0 Å². The Kier molecular flexibility index (Phi) is 3.59. The number of nitriles is 1. The van der Waals surface area contributed by atoms with Gasteiger partial charge in [-0.15, -0.1) is 3.89 Å². The molecule has 0 spiro atoms. The summed E-state index contributed by atoms with van der Waals surface area (Å²) in [5.74, 6) is 0. The quantitative estimate of drug-likeness (QED) is 0.588. The van der Waals surface area contributed by atoms with E-state index in [1.54, 1.807) is 0 Å². The van der Waals surface area contributed by atoms with E-state index in [-0.39, 0.29) is 5.56 Å². The average molecular weight is 245 g/mol. The Bertz CT molecular complexity index is 523. The summed E-state index contributed by atoms with van der Waals surface area (Å²) in [4.78, 5) is -0.753. The van der Waals surface area contributed by atoms with Gasteiger partial charge in [0.15, 0.2) is 6.10 Å². The van der Waals surface area contributed by atoms with Gasteiger partial charge in [-0.3, -0.25) is 0 Å². The van der Waals surface area contributed by atoms with E-state index in [1.807, 2.05) is 0 Å². The fourth-order valence-electron chi connectivity index (χ4n) is 1.19. The number of aliphatic hydroxyl groups is 2. The zero-order valence-corrected chi connectivity index (χ0v) is 8.72. The van der Waals surface area contributed by atoms with Crippen molar-refractivity contribution in [2.24, 2.45) is 0 Å². The normalized spacial score (nSPS) is 15.1. The topological polar surface area (TPSA) is 98.4 Å². The summed E-state index contributed by atoms with van der Waals surface area (Å²) in [5.41, 5.74) is -0.348. The third-order valence-electron chi connectivity index (χ3n) is 1.93. The highest BCUT2D eigenvalue weighted by molar-refractivity contribution is 7.86. The monoisotopic (exact) mass is 245 g/mol. The second-order valence-corrected chi connectivity index (χ2v) is 4.31. The third-order valence-corrected chi connectivity index (χ3v) is 2.83. The molecule has 0 radical (unpaired) electrons. The lowest BCUT2D eigenvalue weighted by Crippen LogP contribution is -2.17. The van der Waals surface area contributed by atoms with Crippen LogP contribution in [0.2, 0.25) is 0 Å².